The molecule has 4 nitrogen and oxygen atoms in total. The van der Waals surface area contributed by atoms with Crippen LogP contribution in [0.2, 0.25) is 0 Å². The Morgan fingerprint density at radius 3 is 2.19 bits per heavy atom. The monoisotopic (exact) mass is 372 g/mol. The van der Waals surface area contributed by atoms with E-state index in [2.05, 4.69) is 6.92 Å². The van der Waals surface area contributed by atoms with Crippen LogP contribution in [0, 0.1) is 23.6 Å². The second kappa shape index (κ2) is 7.61. The Labute approximate surface area is 160 Å². The zero-order chi connectivity index (χ0) is 19.0. The Bertz CT molecular complexity index is 706. The standard InChI is InChI=1S/C22H29FN2O2/c1-15-6-10-24(11-7-15)21(26)16-8-12-25(13-9-16)22(27)19-14-18(19)17-4-2-3-5-20(17)23/h2-5,15-16,18-19H,6-14H2,1H3. The summed E-state index contributed by atoms with van der Waals surface area (Å²) >= 11 is 0. The van der Waals surface area contributed by atoms with Crippen molar-refractivity contribution in [2.45, 2.75) is 44.9 Å². The van der Waals surface area contributed by atoms with E-state index in [-0.39, 0.29) is 35.4 Å². The van der Waals surface area contributed by atoms with Crippen molar-refractivity contribution in [3.63, 3.8) is 0 Å². The van der Waals surface area contributed by atoms with E-state index in [4.69, 9.17) is 0 Å². The summed E-state index contributed by atoms with van der Waals surface area (Å²) in [6.07, 6.45) is 4.45. The van der Waals surface area contributed by atoms with Gasteiger partial charge in [-0.25, -0.2) is 4.39 Å². The fraction of sp³-hybridized carbons (Fsp3) is 0.636. The quantitative estimate of drug-likeness (QED) is 0.816. The highest BCUT2D eigenvalue weighted by molar-refractivity contribution is 5.84. The van der Waals surface area contributed by atoms with Gasteiger partial charge < -0.3 is 9.80 Å². The van der Waals surface area contributed by atoms with E-state index in [0.29, 0.717) is 18.7 Å². The topological polar surface area (TPSA) is 40.6 Å². The zero-order valence-electron chi connectivity index (χ0n) is 16.1. The first kappa shape index (κ1) is 18.5. The van der Waals surface area contributed by atoms with Crippen LogP contribution in [0.4, 0.5) is 4.39 Å². The second-order valence-corrected chi connectivity index (χ2v) is 8.58. The summed E-state index contributed by atoms with van der Waals surface area (Å²) in [6.45, 7) is 5.31. The summed E-state index contributed by atoms with van der Waals surface area (Å²) < 4.78 is 13.9. The van der Waals surface area contributed by atoms with Crippen LogP contribution in [-0.2, 0) is 9.59 Å². The molecule has 0 radical (unpaired) electrons. The molecule has 27 heavy (non-hydrogen) atoms. The third-order valence-corrected chi connectivity index (χ3v) is 6.66. The number of nitrogens with zero attached hydrogens (tertiary/aromatic N) is 2. The van der Waals surface area contributed by atoms with Gasteiger partial charge in [-0.3, -0.25) is 9.59 Å². The maximum absolute atomic E-state index is 13.9. The average Bonchev–Trinajstić information content (AvgIpc) is 3.48. The molecule has 2 amide bonds. The Balaban J connectivity index is 1.28. The number of hydrogen-bond donors (Lipinski definition) is 0. The van der Waals surface area contributed by atoms with Crippen molar-refractivity contribution < 1.29 is 14.0 Å². The maximum atomic E-state index is 13.9. The molecule has 2 saturated heterocycles. The molecule has 0 bridgehead atoms. The predicted molar refractivity (Wildman–Crippen MR) is 102 cm³/mol. The second-order valence-electron chi connectivity index (χ2n) is 8.58. The van der Waals surface area contributed by atoms with E-state index in [1.54, 1.807) is 12.1 Å². The molecule has 0 spiro atoms. The minimum Gasteiger partial charge on any atom is -0.342 e. The molecule has 2 heterocycles. The molecule has 146 valence electrons. The van der Waals surface area contributed by atoms with Gasteiger partial charge in [-0.15, -0.1) is 0 Å². The lowest BCUT2D eigenvalue weighted by Gasteiger charge is -2.37. The molecule has 1 aromatic rings. The molecule has 1 aliphatic carbocycles. The van der Waals surface area contributed by atoms with Gasteiger partial charge >= 0.3 is 0 Å². The molecule has 2 unspecified atom stereocenters. The van der Waals surface area contributed by atoms with Crippen LogP contribution >= 0.6 is 0 Å². The molecule has 4 rings (SSSR count). The molecule has 5 heteroatoms. The minimum atomic E-state index is -0.210. The van der Waals surface area contributed by atoms with Crippen molar-refractivity contribution in [3.05, 3.63) is 35.6 Å². The number of carbonyl (C=O) groups is 2. The number of carbonyl (C=O) groups excluding carboxylic acids is 2. The molecule has 0 N–H and O–H groups in total. The van der Waals surface area contributed by atoms with Crippen LogP contribution in [-0.4, -0.2) is 47.8 Å². The molecular weight excluding hydrogens is 343 g/mol. The van der Waals surface area contributed by atoms with Crippen molar-refractivity contribution in [2.75, 3.05) is 26.2 Å². The molecule has 3 fully saturated rings. The van der Waals surface area contributed by atoms with Crippen LogP contribution in [0.25, 0.3) is 0 Å². The van der Waals surface area contributed by atoms with Gasteiger partial charge in [0, 0.05) is 38.0 Å². The summed E-state index contributed by atoms with van der Waals surface area (Å²) in [4.78, 5) is 29.4. The van der Waals surface area contributed by atoms with E-state index >= 15 is 0 Å². The summed E-state index contributed by atoms with van der Waals surface area (Å²) in [5, 5.41) is 0. The van der Waals surface area contributed by atoms with Gasteiger partial charge in [0.15, 0.2) is 0 Å². The fourth-order valence-corrected chi connectivity index (χ4v) is 4.66. The number of halogens is 1. The minimum absolute atomic E-state index is 0.0217. The SMILES string of the molecule is CC1CCN(C(=O)C2CCN(C(=O)C3CC3c3ccccc3F)CC2)CC1. The highest BCUT2D eigenvalue weighted by Gasteiger charge is 2.47. The Morgan fingerprint density at radius 1 is 0.926 bits per heavy atom. The van der Waals surface area contributed by atoms with Gasteiger partial charge in [0.25, 0.3) is 0 Å². The van der Waals surface area contributed by atoms with Crippen molar-refractivity contribution in [3.8, 4) is 0 Å². The molecule has 1 saturated carbocycles. The Morgan fingerprint density at radius 2 is 1.52 bits per heavy atom. The molecule has 3 aliphatic rings. The lowest BCUT2D eigenvalue weighted by atomic mass is 9.92. The highest BCUT2D eigenvalue weighted by atomic mass is 19.1. The van der Waals surface area contributed by atoms with Crippen molar-refractivity contribution >= 4 is 11.8 Å². The van der Waals surface area contributed by atoms with E-state index < -0.39 is 0 Å². The third kappa shape index (κ3) is 3.87. The molecule has 2 aliphatic heterocycles. The lowest BCUT2D eigenvalue weighted by Crippen LogP contribution is -2.46. The van der Waals surface area contributed by atoms with Crippen molar-refractivity contribution in [1.82, 2.24) is 9.80 Å². The molecule has 2 atom stereocenters. The van der Waals surface area contributed by atoms with Crippen molar-refractivity contribution in [1.29, 1.82) is 0 Å². The molecule has 0 aromatic heterocycles. The van der Waals surface area contributed by atoms with Gasteiger partial charge in [0.05, 0.1) is 0 Å². The van der Waals surface area contributed by atoms with Gasteiger partial charge in [-0.1, -0.05) is 25.1 Å². The zero-order valence-corrected chi connectivity index (χ0v) is 16.1. The van der Waals surface area contributed by atoms with Gasteiger partial charge in [0.2, 0.25) is 11.8 Å². The number of piperidine rings is 2. The van der Waals surface area contributed by atoms with Crippen LogP contribution in [0.5, 0.6) is 0 Å². The van der Waals surface area contributed by atoms with Gasteiger partial charge in [-0.2, -0.15) is 0 Å². The number of hydrogen-bond acceptors (Lipinski definition) is 2. The predicted octanol–water partition coefficient (Wildman–Crippen LogP) is 3.43. The van der Waals surface area contributed by atoms with Crippen molar-refractivity contribution in [2.24, 2.45) is 17.8 Å². The number of amides is 2. The van der Waals surface area contributed by atoms with E-state index in [1.807, 2.05) is 15.9 Å². The Kier molecular flexibility index (Phi) is 5.20. The molecular formula is C22H29FN2O2. The summed E-state index contributed by atoms with van der Waals surface area (Å²) in [7, 11) is 0. The largest absolute Gasteiger partial charge is 0.342 e. The average molecular weight is 372 g/mol. The Hall–Kier alpha value is -1.91. The van der Waals surface area contributed by atoms with Crippen LogP contribution in [0.15, 0.2) is 24.3 Å². The normalized spacial score (nSPS) is 26.9. The fourth-order valence-electron chi connectivity index (χ4n) is 4.66. The smallest absolute Gasteiger partial charge is 0.226 e. The number of rotatable bonds is 3. The first-order chi connectivity index (χ1) is 13.0. The summed E-state index contributed by atoms with van der Waals surface area (Å²) in [6, 6.07) is 6.77. The summed E-state index contributed by atoms with van der Waals surface area (Å²) in [5.74, 6) is 0.924. The van der Waals surface area contributed by atoms with Gasteiger partial charge in [-0.05, 0) is 55.6 Å². The van der Waals surface area contributed by atoms with E-state index in [9.17, 15) is 14.0 Å². The highest BCUT2D eigenvalue weighted by Crippen LogP contribution is 2.49. The third-order valence-electron chi connectivity index (χ3n) is 6.66. The summed E-state index contributed by atoms with van der Waals surface area (Å²) in [5.41, 5.74) is 0.667. The maximum Gasteiger partial charge on any atom is 0.226 e. The lowest BCUT2D eigenvalue weighted by molar-refractivity contribution is -0.142. The molecule has 1 aromatic carbocycles. The number of benzene rings is 1. The van der Waals surface area contributed by atoms with Crippen LogP contribution in [0.1, 0.15) is 50.5 Å². The first-order valence-electron chi connectivity index (χ1n) is 10.4. The van der Waals surface area contributed by atoms with Crippen LogP contribution < -0.4 is 0 Å². The van der Waals surface area contributed by atoms with E-state index in [0.717, 1.165) is 51.1 Å². The van der Waals surface area contributed by atoms with Crippen LogP contribution in [0.3, 0.4) is 0 Å². The first-order valence-corrected chi connectivity index (χ1v) is 10.4. The number of likely N-dealkylation sites (tertiary alicyclic amines) is 2. The van der Waals surface area contributed by atoms with E-state index in [1.165, 1.54) is 6.07 Å². The van der Waals surface area contributed by atoms with Gasteiger partial charge in [0.1, 0.15) is 5.82 Å².